The van der Waals surface area contributed by atoms with Crippen LogP contribution in [0.4, 0.5) is 0 Å². The zero-order valence-corrected chi connectivity index (χ0v) is 15.8. The summed E-state index contributed by atoms with van der Waals surface area (Å²) in [4.78, 5) is 12.4. The molecule has 1 amide bonds. The first-order chi connectivity index (χ1) is 10.8. The second-order valence-corrected chi connectivity index (χ2v) is 8.13. The highest BCUT2D eigenvalue weighted by Crippen LogP contribution is 2.28. The smallest absolute Gasteiger partial charge is 0.241 e. The molecule has 1 aliphatic rings. The van der Waals surface area contributed by atoms with Crippen molar-refractivity contribution in [2.75, 3.05) is 6.54 Å². The molecule has 0 heterocycles. The van der Waals surface area contributed by atoms with Gasteiger partial charge in [0.1, 0.15) is 0 Å². The van der Waals surface area contributed by atoms with E-state index in [0.717, 1.165) is 25.7 Å². The summed E-state index contributed by atoms with van der Waals surface area (Å²) in [7, 11) is -3.78. The van der Waals surface area contributed by atoms with Gasteiger partial charge in [0.25, 0.3) is 0 Å². The number of hydrogen-bond acceptors (Lipinski definition) is 4. The van der Waals surface area contributed by atoms with Crippen LogP contribution < -0.4 is 15.8 Å². The second-order valence-electron chi connectivity index (χ2n) is 5.98. The maximum atomic E-state index is 12.3. The lowest BCUT2D eigenvalue weighted by Crippen LogP contribution is -2.56. The van der Waals surface area contributed by atoms with E-state index in [2.05, 4.69) is 10.0 Å². The van der Waals surface area contributed by atoms with Gasteiger partial charge in [-0.05, 0) is 44.0 Å². The lowest BCUT2D eigenvalue weighted by molar-refractivity contribution is -0.124. The van der Waals surface area contributed by atoms with E-state index >= 15 is 0 Å². The van der Waals surface area contributed by atoms with Gasteiger partial charge in [-0.3, -0.25) is 4.79 Å². The van der Waals surface area contributed by atoms with E-state index in [1.807, 2.05) is 0 Å². The average Bonchev–Trinajstić information content (AvgIpc) is 2.96. The molecule has 1 atom stereocenters. The highest BCUT2D eigenvalue weighted by atomic mass is 35.5. The van der Waals surface area contributed by atoms with Gasteiger partial charge in [0.05, 0.1) is 16.5 Å². The molecule has 1 aromatic carbocycles. The van der Waals surface area contributed by atoms with Crippen LogP contribution in [0, 0.1) is 0 Å². The van der Waals surface area contributed by atoms with Crippen molar-refractivity contribution in [3.8, 4) is 0 Å². The molecule has 0 aliphatic heterocycles. The predicted octanol–water partition coefficient (Wildman–Crippen LogP) is 1.82. The Hall–Kier alpha value is -0.860. The molecule has 0 aromatic heterocycles. The topological polar surface area (TPSA) is 101 Å². The summed E-state index contributed by atoms with van der Waals surface area (Å²) in [5.74, 6) is -0.366. The molecule has 9 heteroatoms. The van der Waals surface area contributed by atoms with Gasteiger partial charge in [-0.15, -0.1) is 12.4 Å². The Morgan fingerprint density at radius 2 is 1.83 bits per heavy atom. The van der Waals surface area contributed by atoms with Crippen LogP contribution in [0.3, 0.4) is 0 Å². The van der Waals surface area contributed by atoms with Crippen molar-refractivity contribution >= 4 is 39.9 Å². The maximum Gasteiger partial charge on any atom is 0.241 e. The van der Waals surface area contributed by atoms with Crippen molar-refractivity contribution in [2.45, 2.75) is 49.1 Å². The Morgan fingerprint density at radius 3 is 2.33 bits per heavy atom. The standard InChI is InChI=1S/C15H22ClN3O3S.ClH/c1-11(14(20)18-15(10-17)8-2-3-9-15)19-23(21,22)13-6-4-12(16)5-7-13;/h4-7,11,19H,2-3,8-10,17H2,1H3,(H,18,20);1H. The Kier molecular flexibility index (Phi) is 7.49. The van der Waals surface area contributed by atoms with Crippen molar-refractivity contribution in [1.82, 2.24) is 10.0 Å². The van der Waals surface area contributed by atoms with Crippen LogP contribution in [-0.2, 0) is 14.8 Å². The molecule has 24 heavy (non-hydrogen) atoms. The van der Waals surface area contributed by atoms with Crippen LogP contribution in [0.25, 0.3) is 0 Å². The van der Waals surface area contributed by atoms with E-state index in [0.29, 0.717) is 11.6 Å². The summed E-state index contributed by atoms with van der Waals surface area (Å²) < 4.78 is 27.0. The SMILES string of the molecule is CC(NS(=O)(=O)c1ccc(Cl)cc1)C(=O)NC1(CN)CCCC1.Cl. The molecular formula is C15H23Cl2N3O3S. The highest BCUT2D eigenvalue weighted by molar-refractivity contribution is 7.89. The molecule has 4 N–H and O–H groups in total. The Morgan fingerprint density at radius 1 is 1.29 bits per heavy atom. The number of nitrogens with one attached hydrogen (secondary N) is 2. The van der Waals surface area contributed by atoms with E-state index in [1.54, 1.807) is 0 Å². The fourth-order valence-corrected chi connectivity index (χ4v) is 4.10. The third-order valence-electron chi connectivity index (χ3n) is 4.19. The van der Waals surface area contributed by atoms with Crippen molar-refractivity contribution in [3.05, 3.63) is 29.3 Å². The Labute approximate surface area is 154 Å². The average molecular weight is 396 g/mol. The molecule has 1 aromatic rings. The van der Waals surface area contributed by atoms with Crippen LogP contribution in [-0.4, -0.2) is 32.5 Å². The minimum absolute atomic E-state index is 0. The number of nitrogens with two attached hydrogens (primary N) is 1. The lowest BCUT2D eigenvalue weighted by atomic mass is 9.97. The van der Waals surface area contributed by atoms with Gasteiger partial charge in [-0.1, -0.05) is 24.4 Å². The number of benzene rings is 1. The highest BCUT2D eigenvalue weighted by Gasteiger charge is 2.35. The molecule has 0 spiro atoms. The van der Waals surface area contributed by atoms with Crippen molar-refractivity contribution < 1.29 is 13.2 Å². The van der Waals surface area contributed by atoms with Gasteiger partial charge in [-0.25, -0.2) is 8.42 Å². The largest absolute Gasteiger partial charge is 0.348 e. The van der Waals surface area contributed by atoms with Crippen LogP contribution in [0.2, 0.25) is 5.02 Å². The summed E-state index contributed by atoms with van der Waals surface area (Å²) >= 11 is 5.75. The molecule has 2 rings (SSSR count). The molecule has 0 radical (unpaired) electrons. The first-order valence-corrected chi connectivity index (χ1v) is 9.44. The van der Waals surface area contributed by atoms with Gasteiger partial charge in [0.15, 0.2) is 0 Å². The first-order valence-electron chi connectivity index (χ1n) is 7.58. The summed E-state index contributed by atoms with van der Waals surface area (Å²) in [5, 5.41) is 3.36. The van der Waals surface area contributed by atoms with E-state index < -0.39 is 21.6 Å². The Balaban J connectivity index is 0.00000288. The van der Waals surface area contributed by atoms with Gasteiger partial charge in [-0.2, -0.15) is 4.72 Å². The number of hydrogen-bond donors (Lipinski definition) is 3. The lowest BCUT2D eigenvalue weighted by Gasteiger charge is -2.30. The number of sulfonamides is 1. The minimum Gasteiger partial charge on any atom is -0.348 e. The zero-order chi connectivity index (χ0) is 17.1. The first kappa shape index (κ1) is 21.2. The fraction of sp³-hybridized carbons (Fsp3) is 0.533. The summed E-state index contributed by atoms with van der Waals surface area (Å²) in [6.45, 7) is 1.87. The molecule has 136 valence electrons. The summed E-state index contributed by atoms with van der Waals surface area (Å²) in [6.07, 6.45) is 3.68. The van der Waals surface area contributed by atoms with Crippen LogP contribution in [0.15, 0.2) is 29.2 Å². The van der Waals surface area contributed by atoms with E-state index in [-0.39, 0.29) is 23.2 Å². The number of amides is 1. The molecule has 1 saturated carbocycles. The van der Waals surface area contributed by atoms with Crippen LogP contribution >= 0.6 is 24.0 Å². The Bertz CT molecular complexity index is 659. The van der Waals surface area contributed by atoms with Gasteiger partial charge in [0.2, 0.25) is 15.9 Å². The number of carbonyl (C=O) groups is 1. The number of rotatable bonds is 6. The molecule has 0 bridgehead atoms. The summed E-state index contributed by atoms with van der Waals surface area (Å²) in [6, 6.07) is 4.88. The third-order valence-corrected chi connectivity index (χ3v) is 6.00. The van der Waals surface area contributed by atoms with Crippen molar-refractivity contribution in [3.63, 3.8) is 0 Å². The fourth-order valence-electron chi connectivity index (χ4n) is 2.77. The van der Waals surface area contributed by atoms with Gasteiger partial charge < -0.3 is 11.1 Å². The maximum absolute atomic E-state index is 12.3. The predicted molar refractivity (Wildman–Crippen MR) is 96.9 cm³/mol. The minimum atomic E-state index is -3.78. The van der Waals surface area contributed by atoms with Crippen LogP contribution in [0.1, 0.15) is 32.6 Å². The zero-order valence-electron chi connectivity index (χ0n) is 13.4. The third kappa shape index (κ3) is 5.07. The van der Waals surface area contributed by atoms with E-state index in [9.17, 15) is 13.2 Å². The molecule has 1 aliphatic carbocycles. The molecule has 6 nitrogen and oxygen atoms in total. The van der Waals surface area contributed by atoms with Crippen LogP contribution in [0.5, 0.6) is 0 Å². The summed E-state index contributed by atoms with van der Waals surface area (Å²) in [5.41, 5.74) is 5.38. The number of halogens is 2. The van der Waals surface area contributed by atoms with Gasteiger partial charge in [0, 0.05) is 11.6 Å². The van der Waals surface area contributed by atoms with Gasteiger partial charge >= 0.3 is 0 Å². The molecule has 0 saturated heterocycles. The molecule has 1 fully saturated rings. The molecule has 1 unspecified atom stereocenters. The van der Waals surface area contributed by atoms with E-state index in [4.69, 9.17) is 17.3 Å². The monoisotopic (exact) mass is 395 g/mol. The van der Waals surface area contributed by atoms with Crippen molar-refractivity contribution in [1.29, 1.82) is 0 Å². The normalized spacial score (nSPS) is 17.8. The molecular weight excluding hydrogens is 373 g/mol. The van der Waals surface area contributed by atoms with E-state index in [1.165, 1.54) is 31.2 Å². The number of carbonyl (C=O) groups excluding carboxylic acids is 1. The second kappa shape index (κ2) is 8.49. The van der Waals surface area contributed by atoms with Crippen molar-refractivity contribution in [2.24, 2.45) is 5.73 Å². The quantitative estimate of drug-likeness (QED) is 0.683.